The van der Waals surface area contributed by atoms with Gasteiger partial charge in [-0.2, -0.15) is 0 Å². The molecular formula is C14H25NO2. The molecule has 1 amide bonds. The number of allylic oxidation sites excluding steroid dienone is 2. The SMILES string of the molecule is COC[C@@H](C)NC(=O)[C@@H]1[C@@H](C=C(C)C)C1(C)C. The zero-order valence-corrected chi connectivity index (χ0v) is 11.8. The Hall–Kier alpha value is -0.830. The maximum absolute atomic E-state index is 12.1. The first-order valence-corrected chi connectivity index (χ1v) is 6.25. The van der Waals surface area contributed by atoms with Crippen LogP contribution in [-0.4, -0.2) is 25.7 Å². The normalized spacial score (nSPS) is 27.2. The molecule has 0 aromatic carbocycles. The first-order valence-electron chi connectivity index (χ1n) is 6.25. The second-order valence-corrected chi connectivity index (χ2v) is 5.93. The second-order valence-electron chi connectivity index (χ2n) is 5.93. The number of hydrogen-bond acceptors (Lipinski definition) is 2. The molecule has 3 nitrogen and oxygen atoms in total. The number of carbonyl (C=O) groups excluding carboxylic acids is 1. The molecule has 0 aromatic heterocycles. The lowest BCUT2D eigenvalue weighted by Gasteiger charge is -2.13. The van der Waals surface area contributed by atoms with E-state index in [0.29, 0.717) is 12.5 Å². The molecule has 0 heterocycles. The van der Waals surface area contributed by atoms with Gasteiger partial charge in [0.25, 0.3) is 0 Å². The number of ether oxygens (including phenoxy) is 1. The smallest absolute Gasteiger partial charge is 0.224 e. The van der Waals surface area contributed by atoms with Crippen molar-refractivity contribution < 1.29 is 9.53 Å². The van der Waals surface area contributed by atoms with E-state index in [4.69, 9.17) is 4.74 Å². The number of carbonyl (C=O) groups is 1. The summed E-state index contributed by atoms with van der Waals surface area (Å²) in [6, 6.07) is 0.0799. The van der Waals surface area contributed by atoms with Crippen LogP contribution >= 0.6 is 0 Å². The van der Waals surface area contributed by atoms with Crippen LogP contribution in [0.25, 0.3) is 0 Å². The van der Waals surface area contributed by atoms with Crippen LogP contribution in [0.15, 0.2) is 11.6 Å². The van der Waals surface area contributed by atoms with Gasteiger partial charge in [0, 0.05) is 13.2 Å². The summed E-state index contributed by atoms with van der Waals surface area (Å²) in [5, 5.41) is 3.01. The van der Waals surface area contributed by atoms with E-state index in [-0.39, 0.29) is 23.3 Å². The third-order valence-electron chi connectivity index (χ3n) is 3.51. The number of hydrogen-bond donors (Lipinski definition) is 1. The van der Waals surface area contributed by atoms with Crippen molar-refractivity contribution in [2.75, 3.05) is 13.7 Å². The third kappa shape index (κ3) is 3.32. The third-order valence-corrected chi connectivity index (χ3v) is 3.51. The molecule has 0 radical (unpaired) electrons. The summed E-state index contributed by atoms with van der Waals surface area (Å²) >= 11 is 0. The van der Waals surface area contributed by atoms with Gasteiger partial charge in [0.05, 0.1) is 12.5 Å². The largest absolute Gasteiger partial charge is 0.383 e. The highest BCUT2D eigenvalue weighted by Crippen LogP contribution is 2.59. The first kappa shape index (κ1) is 14.2. The molecule has 98 valence electrons. The van der Waals surface area contributed by atoms with Gasteiger partial charge < -0.3 is 10.1 Å². The van der Waals surface area contributed by atoms with Gasteiger partial charge in [0.2, 0.25) is 5.91 Å². The van der Waals surface area contributed by atoms with E-state index in [1.807, 2.05) is 6.92 Å². The topological polar surface area (TPSA) is 38.3 Å². The van der Waals surface area contributed by atoms with Crippen molar-refractivity contribution in [2.24, 2.45) is 17.3 Å². The molecular weight excluding hydrogens is 214 g/mol. The van der Waals surface area contributed by atoms with E-state index < -0.39 is 0 Å². The standard InChI is InChI=1S/C14H25NO2/c1-9(2)7-11-12(14(11,4)5)13(16)15-10(3)8-17-6/h7,10-12H,8H2,1-6H3,(H,15,16)/t10-,11-,12+/m1/s1. The lowest BCUT2D eigenvalue weighted by molar-refractivity contribution is -0.124. The maximum atomic E-state index is 12.1. The van der Waals surface area contributed by atoms with Gasteiger partial charge in [-0.15, -0.1) is 0 Å². The molecule has 0 unspecified atom stereocenters. The minimum Gasteiger partial charge on any atom is -0.383 e. The fourth-order valence-corrected chi connectivity index (χ4v) is 2.47. The Kier molecular flexibility index (Phi) is 4.36. The van der Waals surface area contributed by atoms with Crippen LogP contribution in [0.1, 0.15) is 34.6 Å². The molecule has 0 aromatic rings. The van der Waals surface area contributed by atoms with Crippen molar-refractivity contribution in [3.05, 3.63) is 11.6 Å². The molecule has 1 rings (SSSR count). The van der Waals surface area contributed by atoms with Gasteiger partial charge in [-0.1, -0.05) is 25.5 Å². The molecule has 0 bridgehead atoms. The van der Waals surface area contributed by atoms with Crippen molar-refractivity contribution in [3.8, 4) is 0 Å². The summed E-state index contributed by atoms with van der Waals surface area (Å²) in [4.78, 5) is 12.1. The number of rotatable bonds is 5. The molecule has 0 saturated heterocycles. The monoisotopic (exact) mass is 239 g/mol. The van der Waals surface area contributed by atoms with E-state index in [9.17, 15) is 4.79 Å². The van der Waals surface area contributed by atoms with Crippen LogP contribution < -0.4 is 5.32 Å². The zero-order valence-electron chi connectivity index (χ0n) is 11.8. The maximum Gasteiger partial charge on any atom is 0.224 e. The van der Waals surface area contributed by atoms with Crippen LogP contribution in [0.4, 0.5) is 0 Å². The molecule has 1 aliphatic rings. The molecule has 0 aliphatic heterocycles. The van der Waals surface area contributed by atoms with Crippen LogP contribution in [-0.2, 0) is 9.53 Å². The molecule has 1 saturated carbocycles. The Bertz CT molecular complexity index is 316. The van der Waals surface area contributed by atoms with Gasteiger partial charge in [-0.05, 0) is 32.1 Å². The van der Waals surface area contributed by atoms with E-state index in [2.05, 4.69) is 39.1 Å². The Morgan fingerprint density at radius 2 is 2.06 bits per heavy atom. The van der Waals surface area contributed by atoms with E-state index in [1.165, 1.54) is 5.57 Å². The van der Waals surface area contributed by atoms with Crippen LogP contribution in [0.3, 0.4) is 0 Å². The van der Waals surface area contributed by atoms with Gasteiger partial charge in [0.1, 0.15) is 0 Å². The summed E-state index contributed by atoms with van der Waals surface area (Å²) in [6.07, 6.45) is 2.21. The number of nitrogens with one attached hydrogen (secondary N) is 1. The average Bonchev–Trinajstić information content (AvgIpc) is 2.66. The van der Waals surface area contributed by atoms with Crippen molar-refractivity contribution >= 4 is 5.91 Å². The molecule has 1 N–H and O–H groups in total. The highest BCUT2D eigenvalue weighted by atomic mass is 16.5. The van der Waals surface area contributed by atoms with Gasteiger partial charge in [-0.3, -0.25) is 4.79 Å². The molecule has 1 fully saturated rings. The number of amides is 1. The van der Waals surface area contributed by atoms with Gasteiger partial charge in [0.15, 0.2) is 0 Å². The lowest BCUT2D eigenvalue weighted by atomic mass is 10.1. The Balaban J connectivity index is 2.57. The number of methoxy groups -OCH3 is 1. The summed E-state index contributed by atoms with van der Waals surface area (Å²) in [5.74, 6) is 0.640. The van der Waals surface area contributed by atoms with Crippen LogP contribution in [0.5, 0.6) is 0 Å². The Morgan fingerprint density at radius 1 is 1.47 bits per heavy atom. The van der Waals surface area contributed by atoms with Crippen LogP contribution in [0, 0.1) is 17.3 Å². The minimum atomic E-state index is 0.0799. The quantitative estimate of drug-likeness (QED) is 0.748. The summed E-state index contributed by atoms with van der Waals surface area (Å²) in [5.41, 5.74) is 1.37. The van der Waals surface area contributed by atoms with E-state index >= 15 is 0 Å². The Labute approximate surface area is 105 Å². The predicted molar refractivity (Wildman–Crippen MR) is 69.7 cm³/mol. The zero-order chi connectivity index (χ0) is 13.2. The van der Waals surface area contributed by atoms with Crippen molar-refractivity contribution in [3.63, 3.8) is 0 Å². The second kappa shape index (κ2) is 5.21. The predicted octanol–water partition coefficient (Wildman–Crippen LogP) is 2.38. The highest BCUT2D eigenvalue weighted by Gasteiger charge is 2.60. The Morgan fingerprint density at radius 3 is 2.53 bits per heavy atom. The van der Waals surface area contributed by atoms with Gasteiger partial charge >= 0.3 is 0 Å². The van der Waals surface area contributed by atoms with Crippen molar-refractivity contribution in [1.82, 2.24) is 5.32 Å². The minimum absolute atomic E-state index is 0.0799. The molecule has 0 spiro atoms. The summed E-state index contributed by atoms with van der Waals surface area (Å²) in [7, 11) is 1.65. The van der Waals surface area contributed by atoms with Crippen molar-refractivity contribution in [2.45, 2.75) is 40.7 Å². The molecule has 3 atom stereocenters. The molecule has 1 aliphatic carbocycles. The van der Waals surface area contributed by atoms with Crippen LogP contribution in [0.2, 0.25) is 0 Å². The summed E-state index contributed by atoms with van der Waals surface area (Å²) in [6.45, 7) is 11.0. The first-order chi connectivity index (χ1) is 7.80. The lowest BCUT2D eigenvalue weighted by Crippen LogP contribution is -2.37. The molecule has 17 heavy (non-hydrogen) atoms. The van der Waals surface area contributed by atoms with E-state index in [0.717, 1.165) is 0 Å². The van der Waals surface area contributed by atoms with Crippen molar-refractivity contribution in [1.29, 1.82) is 0 Å². The van der Waals surface area contributed by atoms with E-state index in [1.54, 1.807) is 7.11 Å². The fourth-order valence-electron chi connectivity index (χ4n) is 2.47. The summed E-state index contributed by atoms with van der Waals surface area (Å²) < 4.78 is 5.02. The average molecular weight is 239 g/mol. The molecule has 3 heteroatoms. The van der Waals surface area contributed by atoms with Gasteiger partial charge in [-0.25, -0.2) is 0 Å². The highest BCUT2D eigenvalue weighted by molar-refractivity contribution is 5.83. The fraction of sp³-hybridized carbons (Fsp3) is 0.786.